The van der Waals surface area contributed by atoms with E-state index in [1.54, 1.807) is 6.07 Å². The summed E-state index contributed by atoms with van der Waals surface area (Å²) in [6.07, 6.45) is 17.9. The van der Waals surface area contributed by atoms with Crippen LogP contribution in [0, 0.1) is 23.7 Å². The molecule has 6 rings (SSSR count). The lowest BCUT2D eigenvalue weighted by atomic mass is 9.71. The Labute approximate surface area is 281 Å². The van der Waals surface area contributed by atoms with Gasteiger partial charge >= 0.3 is 5.97 Å². The molecule has 8 nitrogen and oxygen atoms in total. The number of aromatic nitrogens is 2. The molecule has 1 saturated heterocycles. The van der Waals surface area contributed by atoms with Crippen LogP contribution in [0.25, 0.3) is 17.0 Å². The van der Waals surface area contributed by atoms with Crippen molar-refractivity contribution in [3.8, 4) is 11.4 Å². The van der Waals surface area contributed by atoms with E-state index in [0.29, 0.717) is 17.1 Å². The van der Waals surface area contributed by atoms with Crippen LogP contribution in [-0.4, -0.2) is 56.9 Å². The molecule has 2 aliphatic carbocycles. The molecule has 0 spiro atoms. The molecule has 2 amide bonds. The summed E-state index contributed by atoms with van der Waals surface area (Å²) in [5.74, 6) is 1.26. The van der Waals surface area contributed by atoms with Gasteiger partial charge in [0.05, 0.1) is 10.8 Å². The first-order valence-corrected chi connectivity index (χ1v) is 18.1. The standard InChI is InChI=1S/C38H46N4O4S/c1-3-24-5-9-26(10-6-24)27-13-15-28(16-14-27)30-20-39-35(40-21-30)29-11-7-25(8-12-29)19-33(37(44)42-22-31(23-42)38(45)46)41-36(43)34-18-17-32(4-2)47-34/h7-8,11-12,15,17-18,20-21,24,26-27,31,33H,3-6,9-10,13-14,16,19,22-23H2,1-2H3,(H,41,43)(H,45,46)/t24-,26-,27?,33-/m0/s1. The first-order valence-electron chi connectivity index (χ1n) is 17.3. The predicted octanol–water partition coefficient (Wildman–Crippen LogP) is 7.05. The molecule has 1 saturated carbocycles. The summed E-state index contributed by atoms with van der Waals surface area (Å²) in [7, 11) is 0. The minimum Gasteiger partial charge on any atom is -0.481 e. The van der Waals surface area contributed by atoms with Crippen LogP contribution in [0.3, 0.4) is 0 Å². The first-order chi connectivity index (χ1) is 22.8. The topological polar surface area (TPSA) is 112 Å². The predicted molar refractivity (Wildman–Crippen MR) is 185 cm³/mol. The highest BCUT2D eigenvalue weighted by atomic mass is 32.1. The maximum Gasteiger partial charge on any atom is 0.310 e. The monoisotopic (exact) mass is 654 g/mol. The number of likely N-dealkylation sites (tertiary alicyclic amines) is 1. The number of carboxylic acids is 1. The zero-order valence-corrected chi connectivity index (χ0v) is 28.3. The second-order valence-corrected chi connectivity index (χ2v) is 14.7. The fraction of sp³-hybridized carbons (Fsp3) is 0.500. The zero-order chi connectivity index (χ0) is 32.9. The minimum atomic E-state index is -0.907. The van der Waals surface area contributed by atoms with Gasteiger partial charge in [0.15, 0.2) is 5.82 Å². The Kier molecular flexibility index (Phi) is 10.5. The Morgan fingerprint density at radius 3 is 2.26 bits per heavy atom. The van der Waals surface area contributed by atoms with Gasteiger partial charge in [0.2, 0.25) is 5.91 Å². The van der Waals surface area contributed by atoms with Gasteiger partial charge in [-0.15, -0.1) is 11.3 Å². The van der Waals surface area contributed by atoms with E-state index in [1.807, 2.05) is 49.6 Å². The van der Waals surface area contributed by atoms with Crippen LogP contribution in [-0.2, 0) is 22.4 Å². The van der Waals surface area contributed by atoms with E-state index in [2.05, 4.69) is 18.3 Å². The Morgan fingerprint density at radius 2 is 1.66 bits per heavy atom. The second-order valence-electron chi connectivity index (χ2n) is 13.6. The number of rotatable bonds is 11. The number of carbonyl (C=O) groups is 3. The molecule has 2 atom stereocenters. The molecule has 3 aliphatic rings. The van der Waals surface area contributed by atoms with E-state index < -0.39 is 17.9 Å². The third-order valence-corrected chi connectivity index (χ3v) is 11.9. The molecule has 47 heavy (non-hydrogen) atoms. The number of allylic oxidation sites excluding steroid dienone is 2. The van der Waals surface area contributed by atoms with E-state index in [9.17, 15) is 19.5 Å². The quantitative estimate of drug-likeness (QED) is 0.229. The van der Waals surface area contributed by atoms with Gasteiger partial charge in [-0.05, 0) is 79.5 Å². The van der Waals surface area contributed by atoms with Crippen molar-refractivity contribution in [2.24, 2.45) is 23.7 Å². The highest BCUT2D eigenvalue weighted by Gasteiger charge is 2.39. The van der Waals surface area contributed by atoms with Gasteiger partial charge in [-0.25, -0.2) is 9.97 Å². The molecular weight excluding hydrogens is 609 g/mol. The molecule has 9 heteroatoms. The van der Waals surface area contributed by atoms with Crippen LogP contribution >= 0.6 is 11.3 Å². The summed E-state index contributed by atoms with van der Waals surface area (Å²) in [4.78, 5) is 50.4. The van der Waals surface area contributed by atoms with Gasteiger partial charge in [-0.1, -0.05) is 63.5 Å². The van der Waals surface area contributed by atoms with Crippen LogP contribution in [0.15, 0.2) is 54.9 Å². The van der Waals surface area contributed by atoms with Crippen molar-refractivity contribution in [2.75, 3.05) is 13.1 Å². The molecule has 0 bridgehead atoms. The largest absolute Gasteiger partial charge is 0.481 e. The van der Waals surface area contributed by atoms with E-state index in [1.165, 1.54) is 60.3 Å². The number of hydrogen-bond acceptors (Lipinski definition) is 6. The van der Waals surface area contributed by atoms with E-state index in [-0.39, 0.29) is 24.9 Å². The third-order valence-electron chi connectivity index (χ3n) is 10.6. The molecule has 3 aromatic rings. The smallest absolute Gasteiger partial charge is 0.310 e. The maximum absolute atomic E-state index is 13.4. The normalized spacial score (nSPS) is 22.2. The van der Waals surface area contributed by atoms with Crippen molar-refractivity contribution in [1.82, 2.24) is 20.2 Å². The average molecular weight is 655 g/mol. The SMILES string of the molecule is CCc1ccc(C(=O)N[C@@H](Cc2ccc(-c3ncc(C4=CCC([C@H]5CC[C@H](CC)CC5)CC4)cn3)cc2)C(=O)N2CC(C(=O)O)C2)s1. The summed E-state index contributed by atoms with van der Waals surface area (Å²) in [5.41, 5.74) is 4.21. The van der Waals surface area contributed by atoms with E-state index in [4.69, 9.17) is 9.97 Å². The van der Waals surface area contributed by atoms with Crippen molar-refractivity contribution in [2.45, 2.75) is 84.1 Å². The number of hydrogen-bond donors (Lipinski definition) is 2. The molecule has 0 radical (unpaired) electrons. The number of amides is 2. The number of thiophene rings is 1. The summed E-state index contributed by atoms with van der Waals surface area (Å²) in [6.45, 7) is 4.68. The summed E-state index contributed by atoms with van der Waals surface area (Å²) in [5, 5.41) is 12.2. The molecule has 1 unspecified atom stereocenters. The molecule has 2 N–H and O–H groups in total. The lowest BCUT2D eigenvalue weighted by molar-refractivity contribution is -0.153. The Balaban J connectivity index is 1.08. The first kappa shape index (κ1) is 33.1. The number of aryl methyl sites for hydroxylation is 1. The fourth-order valence-corrected chi connectivity index (χ4v) is 8.29. The second kappa shape index (κ2) is 14.9. The van der Waals surface area contributed by atoms with E-state index >= 15 is 0 Å². The van der Waals surface area contributed by atoms with Crippen LogP contribution in [0.4, 0.5) is 0 Å². The highest BCUT2D eigenvalue weighted by molar-refractivity contribution is 7.14. The molecule has 2 aromatic heterocycles. The van der Waals surface area contributed by atoms with Gasteiger partial charge in [0.1, 0.15) is 6.04 Å². The molecule has 3 heterocycles. The van der Waals surface area contributed by atoms with Gasteiger partial charge < -0.3 is 15.3 Å². The van der Waals surface area contributed by atoms with Crippen molar-refractivity contribution < 1.29 is 19.5 Å². The van der Waals surface area contributed by atoms with Crippen LogP contribution in [0.2, 0.25) is 0 Å². The fourth-order valence-electron chi connectivity index (χ4n) is 7.44. The number of nitrogens with zero attached hydrogens (tertiary/aromatic N) is 3. The van der Waals surface area contributed by atoms with Crippen molar-refractivity contribution >= 4 is 34.7 Å². The van der Waals surface area contributed by atoms with Crippen molar-refractivity contribution in [1.29, 1.82) is 0 Å². The molecule has 2 fully saturated rings. The van der Waals surface area contributed by atoms with Crippen molar-refractivity contribution in [3.63, 3.8) is 0 Å². The molecule has 1 aromatic carbocycles. The number of nitrogens with one attached hydrogen (secondary N) is 1. The van der Waals surface area contributed by atoms with Gasteiger partial charge in [-0.3, -0.25) is 14.4 Å². The summed E-state index contributed by atoms with van der Waals surface area (Å²) < 4.78 is 0. The number of carboxylic acid groups (broad SMARTS) is 1. The molecule has 248 valence electrons. The lowest BCUT2D eigenvalue weighted by Crippen LogP contribution is -2.59. The Bertz CT molecular complexity index is 1580. The van der Waals surface area contributed by atoms with Crippen LogP contribution < -0.4 is 5.32 Å². The lowest BCUT2D eigenvalue weighted by Gasteiger charge is -2.38. The Morgan fingerprint density at radius 1 is 0.936 bits per heavy atom. The third kappa shape index (κ3) is 7.83. The number of aliphatic carboxylic acids is 1. The Hall–Kier alpha value is -3.85. The van der Waals surface area contributed by atoms with Gasteiger partial charge in [0.25, 0.3) is 5.91 Å². The molecular formula is C38H46N4O4S. The molecule has 1 aliphatic heterocycles. The summed E-state index contributed by atoms with van der Waals surface area (Å²) >= 11 is 1.42. The van der Waals surface area contributed by atoms with Crippen LogP contribution in [0.1, 0.15) is 90.9 Å². The summed E-state index contributed by atoms with van der Waals surface area (Å²) in [6, 6.07) is 10.7. The zero-order valence-electron chi connectivity index (χ0n) is 27.5. The number of carbonyl (C=O) groups excluding carboxylic acids is 2. The maximum atomic E-state index is 13.4. The number of benzene rings is 1. The van der Waals surface area contributed by atoms with Gasteiger partial charge in [-0.2, -0.15) is 0 Å². The van der Waals surface area contributed by atoms with Gasteiger partial charge in [0, 0.05) is 47.9 Å². The van der Waals surface area contributed by atoms with Crippen molar-refractivity contribution in [3.05, 3.63) is 75.7 Å². The van der Waals surface area contributed by atoms with E-state index in [0.717, 1.165) is 58.6 Å². The minimum absolute atomic E-state index is 0.156. The highest BCUT2D eigenvalue weighted by Crippen LogP contribution is 2.41. The average Bonchev–Trinajstić information content (AvgIpc) is 3.58. The van der Waals surface area contributed by atoms with Crippen LogP contribution in [0.5, 0.6) is 0 Å².